The minimum Gasteiger partial charge on any atom is -0.256 e. The van der Waals surface area contributed by atoms with Crippen LogP contribution in [0.2, 0.25) is 0 Å². The lowest BCUT2D eigenvalue weighted by Gasteiger charge is -2.22. The van der Waals surface area contributed by atoms with E-state index in [0.717, 1.165) is 44.4 Å². The summed E-state index contributed by atoms with van der Waals surface area (Å²) in [6.45, 7) is 4.72. The molecule has 1 aliphatic carbocycles. The zero-order valence-electron chi connectivity index (χ0n) is 28.4. The molecule has 0 bridgehead atoms. The summed E-state index contributed by atoms with van der Waals surface area (Å²) in [5.74, 6) is 0.703. The summed E-state index contributed by atoms with van der Waals surface area (Å²) in [7, 11) is 0. The standard InChI is InChI=1S/C48H33N3/c1-48(2)41-20-10-19-39(46(41)40-27-31-14-6-7-15-32(31)28-42(40)48)37-22-23-38(36-18-9-8-17-35(36)37)45-29-44(50-47(51-45)30-12-4-3-5-13-30)34-21-24-43-33(26-34)16-11-25-49-43/h3-29H,1-2H3. The van der Waals surface area contributed by atoms with Crippen molar-refractivity contribution in [2.24, 2.45) is 0 Å². The minimum atomic E-state index is -0.107. The normalized spacial score (nSPS) is 13.1. The molecule has 0 saturated carbocycles. The number of fused-ring (bicyclic) bond motifs is 6. The van der Waals surface area contributed by atoms with Gasteiger partial charge in [0.25, 0.3) is 0 Å². The summed E-state index contributed by atoms with van der Waals surface area (Å²) in [5, 5.41) is 6.00. The van der Waals surface area contributed by atoms with E-state index in [1.54, 1.807) is 0 Å². The van der Waals surface area contributed by atoms with Gasteiger partial charge in [-0.2, -0.15) is 0 Å². The first kappa shape index (κ1) is 29.5. The molecule has 0 fully saturated rings. The number of nitrogens with zero attached hydrogens (tertiary/aromatic N) is 3. The summed E-state index contributed by atoms with van der Waals surface area (Å²) < 4.78 is 0. The maximum atomic E-state index is 5.23. The molecule has 2 heterocycles. The van der Waals surface area contributed by atoms with Gasteiger partial charge in [0.2, 0.25) is 0 Å². The monoisotopic (exact) mass is 651 g/mol. The number of aromatic nitrogens is 3. The Morgan fingerprint density at radius 2 is 1.14 bits per heavy atom. The molecule has 0 atom stereocenters. The highest BCUT2D eigenvalue weighted by atomic mass is 14.9. The van der Waals surface area contributed by atoms with Gasteiger partial charge in [-0.1, -0.05) is 135 Å². The third kappa shape index (κ3) is 4.69. The summed E-state index contributed by atoms with van der Waals surface area (Å²) in [4.78, 5) is 14.9. The Hall–Kier alpha value is -6.45. The van der Waals surface area contributed by atoms with E-state index in [1.165, 1.54) is 49.5 Å². The van der Waals surface area contributed by atoms with Crippen LogP contribution < -0.4 is 0 Å². The van der Waals surface area contributed by atoms with E-state index in [0.29, 0.717) is 5.82 Å². The van der Waals surface area contributed by atoms with Crippen molar-refractivity contribution >= 4 is 32.4 Å². The zero-order chi connectivity index (χ0) is 34.1. The molecule has 9 aromatic rings. The second kappa shape index (κ2) is 11.3. The predicted octanol–water partition coefficient (Wildman–Crippen LogP) is 12.3. The van der Waals surface area contributed by atoms with Crippen LogP contribution in [-0.4, -0.2) is 15.0 Å². The van der Waals surface area contributed by atoms with E-state index in [4.69, 9.17) is 9.97 Å². The highest BCUT2D eigenvalue weighted by molar-refractivity contribution is 6.08. The summed E-state index contributed by atoms with van der Waals surface area (Å²) in [6, 6.07) is 56.5. The largest absolute Gasteiger partial charge is 0.256 e. The van der Waals surface area contributed by atoms with Crippen molar-refractivity contribution in [3.63, 3.8) is 0 Å². The maximum Gasteiger partial charge on any atom is 0.160 e. The molecule has 0 amide bonds. The quantitative estimate of drug-likeness (QED) is 0.190. The van der Waals surface area contributed by atoms with Crippen LogP contribution in [0, 0.1) is 0 Å². The smallest absolute Gasteiger partial charge is 0.160 e. The van der Waals surface area contributed by atoms with Crippen LogP contribution in [0.3, 0.4) is 0 Å². The first-order valence-corrected chi connectivity index (χ1v) is 17.5. The van der Waals surface area contributed by atoms with Gasteiger partial charge in [0.05, 0.1) is 16.9 Å². The van der Waals surface area contributed by atoms with Gasteiger partial charge >= 0.3 is 0 Å². The van der Waals surface area contributed by atoms with E-state index in [2.05, 4.69) is 152 Å². The van der Waals surface area contributed by atoms with Gasteiger partial charge in [0, 0.05) is 33.7 Å². The average Bonchev–Trinajstić information content (AvgIpc) is 3.41. The van der Waals surface area contributed by atoms with Crippen LogP contribution in [0.4, 0.5) is 0 Å². The molecule has 0 radical (unpaired) electrons. The SMILES string of the molecule is CC1(C)c2cc3ccccc3cc2-c2c(-c3ccc(-c4cc(-c5ccc6ncccc6c5)nc(-c5ccccc5)n4)c4ccccc34)cccc21. The van der Waals surface area contributed by atoms with Crippen molar-refractivity contribution < 1.29 is 0 Å². The van der Waals surface area contributed by atoms with Crippen molar-refractivity contribution in [2.75, 3.05) is 0 Å². The van der Waals surface area contributed by atoms with Gasteiger partial charge in [0.1, 0.15) is 0 Å². The molecule has 0 N–H and O–H groups in total. The van der Waals surface area contributed by atoms with E-state index in [-0.39, 0.29) is 5.41 Å². The first-order valence-electron chi connectivity index (χ1n) is 17.5. The maximum absolute atomic E-state index is 5.23. The third-order valence-electron chi connectivity index (χ3n) is 10.7. The molecule has 10 rings (SSSR count). The van der Waals surface area contributed by atoms with E-state index in [9.17, 15) is 0 Å². The number of hydrogen-bond donors (Lipinski definition) is 0. The fraction of sp³-hybridized carbons (Fsp3) is 0.0625. The third-order valence-corrected chi connectivity index (χ3v) is 10.7. The fourth-order valence-electron chi connectivity index (χ4n) is 8.14. The van der Waals surface area contributed by atoms with Gasteiger partial charge in [-0.25, -0.2) is 9.97 Å². The van der Waals surface area contributed by atoms with Crippen LogP contribution in [-0.2, 0) is 5.41 Å². The van der Waals surface area contributed by atoms with Gasteiger partial charge in [-0.15, -0.1) is 0 Å². The van der Waals surface area contributed by atoms with Crippen LogP contribution in [0.15, 0.2) is 164 Å². The lowest BCUT2D eigenvalue weighted by molar-refractivity contribution is 0.661. The molecule has 240 valence electrons. The lowest BCUT2D eigenvalue weighted by atomic mass is 9.81. The Morgan fingerprint density at radius 3 is 1.98 bits per heavy atom. The molecular weight excluding hydrogens is 619 g/mol. The highest BCUT2D eigenvalue weighted by Gasteiger charge is 2.37. The molecule has 7 aromatic carbocycles. The number of benzene rings is 7. The van der Waals surface area contributed by atoms with Crippen LogP contribution >= 0.6 is 0 Å². The molecule has 0 unspecified atom stereocenters. The van der Waals surface area contributed by atoms with Gasteiger partial charge in [-0.05, 0) is 91.3 Å². The predicted molar refractivity (Wildman–Crippen MR) is 212 cm³/mol. The zero-order valence-corrected chi connectivity index (χ0v) is 28.4. The number of hydrogen-bond acceptors (Lipinski definition) is 3. The van der Waals surface area contributed by atoms with Gasteiger partial charge < -0.3 is 0 Å². The topological polar surface area (TPSA) is 38.7 Å². The van der Waals surface area contributed by atoms with Crippen molar-refractivity contribution in [1.82, 2.24) is 15.0 Å². The van der Waals surface area contributed by atoms with Crippen molar-refractivity contribution in [1.29, 1.82) is 0 Å². The Balaban J connectivity index is 1.18. The van der Waals surface area contributed by atoms with Crippen LogP contribution in [0.25, 0.3) is 88.6 Å². The van der Waals surface area contributed by atoms with Gasteiger partial charge in [-0.3, -0.25) is 4.98 Å². The van der Waals surface area contributed by atoms with E-state index in [1.807, 2.05) is 30.5 Å². The second-order valence-corrected chi connectivity index (χ2v) is 14.0. The van der Waals surface area contributed by atoms with Crippen LogP contribution in [0.1, 0.15) is 25.0 Å². The number of pyridine rings is 1. The molecule has 0 spiro atoms. The summed E-state index contributed by atoms with van der Waals surface area (Å²) >= 11 is 0. The average molecular weight is 652 g/mol. The molecule has 0 saturated heterocycles. The molecular formula is C48H33N3. The minimum absolute atomic E-state index is 0.107. The summed E-state index contributed by atoms with van der Waals surface area (Å²) in [5.41, 5.74) is 13.6. The van der Waals surface area contributed by atoms with Crippen molar-refractivity contribution in [3.8, 4) is 56.2 Å². The lowest BCUT2D eigenvalue weighted by Crippen LogP contribution is -2.14. The molecule has 51 heavy (non-hydrogen) atoms. The molecule has 2 aromatic heterocycles. The Labute approximate surface area is 297 Å². The van der Waals surface area contributed by atoms with E-state index < -0.39 is 0 Å². The van der Waals surface area contributed by atoms with Gasteiger partial charge in [0.15, 0.2) is 5.82 Å². The van der Waals surface area contributed by atoms with E-state index >= 15 is 0 Å². The summed E-state index contributed by atoms with van der Waals surface area (Å²) in [6.07, 6.45) is 1.83. The first-order chi connectivity index (χ1) is 25.0. The van der Waals surface area contributed by atoms with Crippen molar-refractivity contribution in [3.05, 3.63) is 175 Å². The van der Waals surface area contributed by atoms with Crippen molar-refractivity contribution in [2.45, 2.75) is 19.3 Å². The Kier molecular flexibility index (Phi) is 6.53. The fourth-order valence-corrected chi connectivity index (χ4v) is 8.14. The number of rotatable bonds is 4. The molecule has 3 nitrogen and oxygen atoms in total. The Bertz CT molecular complexity index is 2830. The molecule has 1 aliphatic rings. The molecule has 0 aliphatic heterocycles. The second-order valence-electron chi connectivity index (χ2n) is 14.0. The van der Waals surface area contributed by atoms with Crippen LogP contribution in [0.5, 0.6) is 0 Å². The Morgan fingerprint density at radius 1 is 0.431 bits per heavy atom. The molecule has 3 heteroatoms. The highest BCUT2D eigenvalue weighted by Crippen LogP contribution is 2.54.